The number of hydrogen-bond donors (Lipinski definition) is 0. The molecule has 0 nitrogen and oxygen atoms in total. The molecule has 0 aliphatic rings. The zero-order valence-corrected chi connectivity index (χ0v) is 7.42. The molecule has 15 heavy (non-hydrogen) atoms. The lowest BCUT2D eigenvalue weighted by Gasteiger charge is -2.13. The third-order valence-corrected chi connectivity index (χ3v) is 1.78. The van der Waals surface area contributed by atoms with Crippen LogP contribution in [0.1, 0.15) is 16.7 Å². The highest BCUT2D eigenvalue weighted by Gasteiger charge is 2.37. The van der Waals surface area contributed by atoms with Crippen LogP contribution in [0, 0.1) is 13.0 Å². The molecule has 0 amide bonds. The van der Waals surface area contributed by atoms with Gasteiger partial charge in [0.2, 0.25) is 0 Å². The fourth-order valence-electron chi connectivity index (χ4n) is 1.03. The lowest BCUT2D eigenvalue weighted by Crippen LogP contribution is -2.12. The second kappa shape index (κ2) is 3.43. The number of hydrogen-bond acceptors (Lipinski definition) is 0. The first-order valence-electron chi connectivity index (χ1n) is 3.79. The molecule has 1 radical (unpaired) electrons. The molecule has 6 heteroatoms. The van der Waals surface area contributed by atoms with Crippen molar-refractivity contribution in [3.05, 3.63) is 34.9 Å². The van der Waals surface area contributed by atoms with E-state index in [4.69, 9.17) is 0 Å². The van der Waals surface area contributed by atoms with Gasteiger partial charge in [-0.15, -0.1) is 0 Å². The normalized spacial score (nSPS) is 13.0. The summed E-state index contributed by atoms with van der Waals surface area (Å²) in [6.07, 6.45) is -9.58. The van der Waals surface area contributed by atoms with Gasteiger partial charge in [0, 0.05) is 0 Å². The molecule has 0 saturated heterocycles. The van der Waals surface area contributed by atoms with Gasteiger partial charge in [-0.05, 0) is 30.7 Å². The number of halogens is 6. The van der Waals surface area contributed by atoms with Gasteiger partial charge in [-0.25, -0.2) is 0 Å². The number of aryl methyl sites for hydroxylation is 1. The SMILES string of the molecule is Cc1[c]cc(C(F)(F)F)cc1C(F)(F)F. The van der Waals surface area contributed by atoms with Crippen LogP contribution in [0.15, 0.2) is 12.1 Å². The van der Waals surface area contributed by atoms with Crippen molar-refractivity contribution in [3.8, 4) is 0 Å². The molecule has 83 valence electrons. The van der Waals surface area contributed by atoms with E-state index in [1.54, 1.807) is 0 Å². The molecule has 0 aliphatic carbocycles. The summed E-state index contributed by atoms with van der Waals surface area (Å²) in [4.78, 5) is 0. The second-order valence-corrected chi connectivity index (χ2v) is 2.92. The van der Waals surface area contributed by atoms with Crippen LogP contribution in [0.4, 0.5) is 26.3 Å². The Kier molecular flexibility index (Phi) is 2.71. The van der Waals surface area contributed by atoms with E-state index in [0.717, 1.165) is 6.92 Å². The third kappa shape index (κ3) is 2.64. The van der Waals surface area contributed by atoms with E-state index in [1.807, 2.05) is 6.07 Å². The molecular formula is C9H5F6. The molecule has 1 rings (SSSR count). The van der Waals surface area contributed by atoms with E-state index in [1.165, 1.54) is 0 Å². The standard InChI is InChI=1S/C9H5F6/c1-5-2-3-6(8(10,11)12)4-7(5)9(13,14)15/h3-4H,1H3. The van der Waals surface area contributed by atoms with E-state index in [-0.39, 0.29) is 11.6 Å². The molecule has 0 spiro atoms. The van der Waals surface area contributed by atoms with Crippen LogP contribution in [0.3, 0.4) is 0 Å². The van der Waals surface area contributed by atoms with Crippen molar-refractivity contribution in [2.75, 3.05) is 0 Å². The summed E-state index contributed by atoms with van der Waals surface area (Å²) in [6, 6.07) is 2.54. The van der Waals surface area contributed by atoms with Gasteiger partial charge in [-0.3, -0.25) is 0 Å². The fraction of sp³-hybridized carbons (Fsp3) is 0.333. The van der Waals surface area contributed by atoms with Gasteiger partial charge in [-0.1, -0.05) is 0 Å². The summed E-state index contributed by atoms with van der Waals surface area (Å²) in [7, 11) is 0. The van der Waals surface area contributed by atoms with Crippen molar-refractivity contribution in [1.82, 2.24) is 0 Å². The molecular weight excluding hydrogens is 222 g/mol. The summed E-state index contributed by atoms with van der Waals surface area (Å²) in [5.41, 5.74) is -3.01. The van der Waals surface area contributed by atoms with Crippen LogP contribution in [0.2, 0.25) is 0 Å². The first kappa shape index (κ1) is 11.9. The van der Waals surface area contributed by atoms with Crippen molar-refractivity contribution in [2.24, 2.45) is 0 Å². The van der Waals surface area contributed by atoms with Gasteiger partial charge in [0.05, 0.1) is 11.1 Å². The Labute approximate surface area is 81.5 Å². The first-order chi connectivity index (χ1) is 6.62. The lowest BCUT2D eigenvalue weighted by molar-refractivity contribution is -0.143. The summed E-state index contributed by atoms with van der Waals surface area (Å²) >= 11 is 0. The summed E-state index contributed by atoms with van der Waals surface area (Å²) in [5.74, 6) is 0. The molecule has 0 aliphatic heterocycles. The molecule has 0 atom stereocenters. The minimum atomic E-state index is -4.79. The molecule has 0 saturated carbocycles. The molecule has 1 aromatic rings. The summed E-state index contributed by atoms with van der Waals surface area (Å²) < 4.78 is 73.0. The Hall–Kier alpha value is -1.20. The second-order valence-electron chi connectivity index (χ2n) is 2.92. The highest BCUT2D eigenvalue weighted by Crippen LogP contribution is 2.36. The van der Waals surface area contributed by atoms with E-state index >= 15 is 0 Å². The Bertz CT molecular complexity index is 360. The van der Waals surface area contributed by atoms with Gasteiger partial charge in [-0.2, -0.15) is 26.3 Å². The number of rotatable bonds is 0. The van der Waals surface area contributed by atoms with Crippen molar-refractivity contribution in [3.63, 3.8) is 0 Å². The smallest absolute Gasteiger partial charge is 0.166 e. The van der Waals surface area contributed by atoms with Crippen LogP contribution in [0.25, 0.3) is 0 Å². The maximum absolute atomic E-state index is 12.2. The summed E-state index contributed by atoms with van der Waals surface area (Å²) in [6.45, 7) is 1.06. The highest BCUT2D eigenvalue weighted by atomic mass is 19.4. The van der Waals surface area contributed by atoms with Crippen LogP contribution in [-0.4, -0.2) is 0 Å². The third-order valence-electron chi connectivity index (χ3n) is 1.78. The molecule has 0 unspecified atom stereocenters. The van der Waals surface area contributed by atoms with Gasteiger partial charge < -0.3 is 0 Å². The highest BCUT2D eigenvalue weighted by molar-refractivity contribution is 5.33. The average molecular weight is 227 g/mol. The quantitative estimate of drug-likeness (QED) is 0.591. The average Bonchev–Trinajstić information content (AvgIpc) is 2.00. The van der Waals surface area contributed by atoms with Gasteiger partial charge in [0.25, 0.3) is 0 Å². The predicted molar refractivity (Wildman–Crippen MR) is 40.0 cm³/mol. The Morgan fingerprint density at radius 1 is 1.00 bits per heavy atom. The Morgan fingerprint density at radius 3 is 1.93 bits per heavy atom. The van der Waals surface area contributed by atoms with Crippen molar-refractivity contribution >= 4 is 0 Å². The summed E-state index contributed by atoms with van der Waals surface area (Å²) in [5, 5.41) is 0. The Morgan fingerprint density at radius 2 is 1.53 bits per heavy atom. The largest absolute Gasteiger partial charge is 0.416 e. The van der Waals surface area contributed by atoms with Crippen LogP contribution >= 0.6 is 0 Å². The van der Waals surface area contributed by atoms with Gasteiger partial charge in [0.15, 0.2) is 0 Å². The van der Waals surface area contributed by atoms with Crippen molar-refractivity contribution < 1.29 is 26.3 Å². The topological polar surface area (TPSA) is 0 Å². The molecule has 0 fully saturated rings. The molecule has 0 N–H and O–H groups in total. The van der Waals surface area contributed by atoms with Crippen LogP contribution in [-0.2, 0) is 12.4 Å². The van der Waals surface area contributed by atoms with E-state index in [9.17, 15) is 26.3 Å². The van der Waals surface area contributed by atoms with E-state index < -0.39 is 23.5 Å². The minimum Gasteiger partial charge on any atom is -0.166 e. The Balaban J connectivity index is 3.30. The maximum atomic E-state index is 12.2. The van der Waals surface area contributed by atoms with Gasteiger partial charge >= 0.3 is 12.4 Å². The predicted octanol–water partition coefficient (Wildman–Crippen LogP) is 3.83. The maximum Gasteiger partial charge on any atom is 0.416 e. The van der Waals surface area contributed by atoms with E-state index in [2.05, 4.69) is 0 Å². The fourth-order valence-corrected chi connectivity index (χ4v) is 1.03. The zero-order chi connectivity index (χ0) is 11.9. The monoisotopic (exact) mass is 227 g/mol. The molecule has 1 aromatic carbocycles. The van der Waals surface area contributed by atoms with Crippen molar-refractivity contribution in [1.29, 1.82) is 0 Å². The number of alkyl halides is 6. The minimum absolute atomic E-state index is 0.0891. The lowest BCUT2D eigenvalue weighted by atomic mass is 10.0. The number of benzene rings is 1. The molecule has 0 heterocycles. The van der Waals surface area contributed by atoms with Crippen molar-refractivity contribution in [2.45, 2.75) is 19.3 Å². The molecule has 0 aromatic heterocycles. The zero-order valence-electron chi connectivity index (χ0n) is 7.42. The van der Waals surface area contributed by atoms with Crippen LogP contribution in [0.5, 0.6) is 0 Å². The van der Waals surface area contributed by atoms with Gasteiger partial charge in [0.1, 0.15) is 0 Å². The first-order valence-corrected chi connectivity index (χ1v) is 3.79. The van der Waals surface area contributed by atoms with E-state index in [0.29, 0.717) is 6.07 Å². The van der Waals surface area contributed by atoms with Crippen LogP contribution < -0.4 is 0 Å². The molecule has 0 bridgehead atoms.